The van der Waals surface area contributed by atoms with Crippen LogP contribution in [-0.4, -0.2) is 97.7 Å². The minimum Gasteiger partial charge on any atom is -0.550 e. The number of carbonyl (C=O) groups excluding carboxylic acids is 2. The maximum atomic E-state index is 11.2. The molecule has 0 saturated heterocycles. The molecule has 0 amide bonds. The predicted octanol–water partition coefficient (Wildman–Crippen LogP) is 14.2. The number of carboxylic acid groups (broad SMARTS) is 2. The summed E-state index contributed by atoms with van der Waals surface area (Å²) in [6.07, 6.45) is 50.3. The van der Waals surface area contributed by atoms with Crippen LogP contribution in [0.4, 0.5) is 0 Å². The van der Waals surface area contributed by atoms with Gasteiger partial charge in [0.25, 0.3) is 0 Å². The van der Waals surface area contributed by atoms with Crippen molar-refractivity contribution < 1.29 is 19.8 Å². The summed E-state index contributed by atoms with van der Waals surface area (Å²) in [5.41, 5.74) is 0. The van der Waals surface area contributed by atoms with Gasteiger partial charge in [0.15, 0.2) is 0 Å². The monoisotopic (exact) mass is 889 g/mol. The second kappa shape index (κ2) is 54.5. The molecule has 0 aliphatic rings. The minimum absolute atomic E-state index is 0. The second-order valence-corrected chi connectivity index (χ2v) is 18.7. The summed E-state index contributed by atoms with van der Waals surface area (Å²) in [4.78, 5) is 27.3. The van der Waals surface area contributed by atoms with Crippen LogP contribution < -0.4 is 10.2 Å². The van der Waals surface area contributed by atoms with Crippen LogP contribution in [0, 0.1) is 0 Å². The van der Waals surface area contributed by atoms with Crippen LogP contribution in [0.2, 0.25) is 0 Å². The molecule has 7 heteroatoms. The quantitative estimate of drug-likeness (QED) is 0.0447. The average molecular weight is 890 g/mol. The summed E-state index contributed by atoms with van der Waals surface area (Å²) in [6.45, 7) is 17.5. The second-order valence-electron chi connectivity index (χ2n) is 18.7. The van der Waals surface area contributed by atoms with Crippen LogP contribution >= 0.6 is 0 Å². The Morgan fingerprint density at radius 1 is 0.311 bits per heavy atom. The summed E-state index contributed by atoms with van der Waals surface area (Å²) < 4.78 is 0. The zero-order valence-electron chi connectivity index (χ0n) is 42.5. The minimum atomic E-state index is -0.897. The molecule has 0 fully saturated rings. The van der Waals surface area contributed by atoms with Gasteiger partial charge >= 0.3 is 37.7 Å². The molecule has 0 radical (unpaired) electrons. The third kappa shape index (κ3) is 49.4. The van der Waals surface area contributed by atoms with Crippen molar-refractivity contribution in [2.45, 2.75) is 310 Å². The Morgan fingerprint density at radius 2 is 0.475 bits per heavy atom. The smallest absolute Gasteiger partial charge is 0.550 e. The van der Waals surface area contributed by atoms with Crippen LogP contribution in [0.1, 0.15) is 298 Å². The van der Waals surface area contributed by atoms with Gasteiger partial charge in [0.05, 0.1) is 0 Å². The first-order chi connectivity index (χ1) is 29.3. The molecule has 6 nitrogen and oxygen atoms in total. The standard InChI is InChI=1S/2C27H55NO2.Ca/c2*1-4-7-9-11-13-15-17-19-21-23-28(26(6-3)25-27(29)30)24-22-20-18-16-14-12-10-8-5-2;/h2*26H,4-25H2,1-3H3,(H,29,30);/q;;+2/p-2. The molecule has 0 rings (SSSR count). The molecule has 0 aromatic heterocycles. The molecule has 0 N–H and O–H groups in total. The van der Waals surface area contributed by atoms with Crippen LogP contribution in [0.25, 0.3) is 0 Å². The van der Waals surface area contributed by atoms with Gasteiger partial charge in [-0.05, 0) is 64.7 Å². The molecule has 0 aromatic rings. The van der Waals surface area contributed by atoms with Gasteiger partial charge in [0.2, 0.25) is 0 Å². The molecule has 0 heterocycles. The predicted molar refractivity (Wildman–Crippen MR) is 265 cm³/mol. The topological polar surface area (TPSA) is 86.7 Å². The molecule has 2 unspecified atom stereocenters. The summed E-state index contributed by atoms with van der Waals surface area (Å²) in [5.74, 6) is -1.79. The van der Waals surface area contributed by atoms with Crippen LogP contribution in [-0.2, 0) is 9.59 Å². The van der Waals surface area contributed by atoms with E-state index in [4.69, 9.17) is 0 Å². The Labute approximate surface area is 413 Å². The van der Waals surface area contributed by atoms with Crippen molar-refractivity contribution in [1.82, 2.24) is 9.80 Å². The van der Waals surface area contributed by atoms with E-state index < -0.39 is 11.9 Å². The SMILES string of the molecule is CCCCCCCCCCCN(CCCCCCCCCCC)C(CC)CC(=O)[O-].CCCCCCCCCCCN(CCCCCCCCCCC)C(CC)CC(=O)[O-].[Ca+2]. The van der Waals surface area contributed by atoms with Crippen molar-refractivity contribution in [3.63, 3.8) is 0 Å². The van der Waals surface area contributed by atoms with E-state index in [2.05, 4.69) is 51.3 Å². The van der Waals surface area contributed by atoms with Crippen molar-refractivity contribution in [2.24, 2.45) is 0 Å². The fourth-order valence-corrected chi connectivity index (χ4v) is 8.90. The number of aliphatic carboxylic acids is 2. The van der Waals surface area contributed by atoms with Gasteiger partial charge in [0.1, 0.15) is 0 Å². The Bertz CT molecular complexity index is 749. The number of rotatable bonds is 48. The zero-order valence-corrected chi connectivity index (χ0v) is 44.7. The molecule has 360 valence electrons. The summed E-state index contributed by atoms with van der Waals surface area (Å²) in [6, 6.07) is 0.302. The molecule has 61 heavy (non-hydrogen) atoms. The van der Waals surface area contributed by atoms with E-state index in [0.29, 0.717) is 0 Å². The zero-order chi connectivity index (χ0) is 44.6. The fourth-order valence-electron chi connectivity index (χ4n) is 8.90. The van der Waals surface area contributed by atoms with Crippen molar-refractivity contribution in [2.75, 3.05) is 26.2 Å². The fraction of sp³-hybridized carbons (Fsp3) is 0.963. The third-order valence-corrected chi connectivity index (χ3v) is 13.0. The number of carboxylic acids is 2. The number of unbranched alkanes of at least 4 members (excludes halogenated alkanes) is 32. The summed E-state index contributed by atoms with van der Waals surface area (Å²) >= 11 is 0. The number of carbonyl (C=O) groups is 2. The van der Waals surface area contributed by atoms with E-state index >= 15 is 0 Å². The van der Waals surface area contributed by atoms with Crippen LogP contribution in [0.3, 0.4) is 0 Å². The normalized spacial score (nSPS) is 12.3. The molecule has 0 saturated carbocycles. The number of hydrogen-bond donors (Lipinski definition) is 0. The first-order valence-corrected chi connectivity index (χ1v) is 27.2. The Kier molecular flexibility index (Phi) is 58.4. The Hall–Kier alpha value is 0.120. The van der Waals surface area contributed by atoms with E-state index in [1.165, 1.54) is 231 Å². The summed E-state index contributed by atoms with van der Waals surface area (Å²) in [5, 5.41) is 22.4. The molecular weight excluding hydrogens is 781 g/mol. The molecule has 0 aromatic carbocycles. The number of nitrogens with zero attached hydrogens (tertiary/aromatic N) is 2. The largest absolute Gasteiger partial charge is 2.00 e. The molecule has 0 bridgehead atoms. The molecular formula is C54H108CaN2O4. The van der Waals surface area contributed by atoms with E-state index in [9.17, 15) is 19.8 Å². The van der Waals surface area contributed by atoms with Gasteiger partial charge in [-0.3, -0.25) is 0 Å². The van der Waals surface area contributed by atoms with Crippen molar-refractivity contribution in [3.05, 3.63) is 0 Å². The van der Waals surface area contributed by atoms with Gasteiger partial charge in [-0.1, -0.05) is 247 Å². The van der Waals surface area contributed by atoms with E-state index in [0.717, 1.165) is 39.0 Å². The summed E-state index contributed by atoms with van der Waals surface area (Å²) in [7, 11) is 0. The van der Waals surface area contributed by atoms with Crippen molar-refractivity contribution in [1.29, 1.82) is 0 Å². The van der Waals surface area contributed by atoms with Crippen molar-refractivity contribution in [3.8, 4) is 0 Å². The van der Waals surface area contributed by atoms with E-state index in [1.807, 2.05) is 0 Å². The Balaban J connectivity index is -0.00000109. The van der Waals surface area contributed by atoms with Gasteiger partial charge < -0.3 is 29.6 Å². The maximum absolute atomic E-state index is 11.2. The molecule has 0 spiro atoms. The van der Waals surface area contributed by atoms with E-state index in [-0.39, 0.29) is 62.7 Å². The maximum Gasteiger partial charge on any atom is 2.00 e. The van der Waals surface area contributed by atoms with Crippen LogP contribution in [0.5, 0.6) is 0 Å². The van der Waals surface area contributed by atoms with E-state index in [1.54, 1.807) is 0 Å². The number of hydrogen-bond acceptors (Lipinski definition) is 6. The van der Waals surface area contributed by atoms with Gasteiger partial charge in [-0.25, -0.2) is 0 Å². The molecule has 0 aliphatic carbocycles. The first-order valence-electron chi connectivity index (χ1n) is 27.2. The van der Waals surface area contributed by atoms with Crippen molar-refractivity contribution >= 4 is 49.7 Å². The average Bonchev–Trinajstić information content (AvgIpc) is 3.23. The Morgan fingerprint density at radius 3 is 0.623 bits per heavy atom. The van der Waals surface area contributed by atoms with Gasteiger partial charge in [-0.2, -0.15) is 0 Å². The third-order valence-electron chi connectivity index (χ3n) is 13.0. The van der Waals surface area contributed by atoms with Crippen LogP contribution in [0.15, 0.2) is 0 Å². The van der Waals surface area contributed by atoms with Gasteiger partial charge in [-0.15, -0.1) is 0 Å². The first kappa shape index (κ1) is 65.4. The molecule has 0 aliphatic heterocycles. The van der Waals surface area contributed by atoms with Gasteiger partial charge in [0, 0.05) is 36.9 Å². The molecule has 2 atom stereocenters.